The SMILES string of the molecule is Cc1ccc(S(=O)(=O)NC(=O)O[C@H]2C[C@]3(C(C)C)CC[C@@]2(C)O3)cc1. The second-order valence-electron chi connectivity index (χ2n) is 7.65. The minimum atomic E-state index is -3.95. The summed E-state index contributed by atoms with van der Waals surface area (Å²) in [5, 5.41) is 0. The highest BCUT2D eigenvalue weighted by Gasteiger charge is 2.61. The fourth-order valence-corrected chi connectivity index (χ4v) is 4.65. The van der Waals surface area contributed by atoms with Crippen LogP contribution in [0, 0.1) is 12.8 Å². The summed E-state index contributed by atoms with van der Waals surface area (Å²) in [5.41, 5.74) is 0.109. The fourth-order valence-electron chi connectivity index (χ4n) is 3.77. The van der Waals surface area contributed by atoms with Crippen LogP contribution < -0.4 is 4.72 Å². The molecular formula is C18H25NO5S. The van der Waals surface area contributed by atoms with Gasteiger partial charge in [0.25, 0.3) is 10.0 Å². The van der Waals surface area contributed by atoms with Crippen molar-refractivity contribution in [3.05, 3.63) is 29.8 Å². The summed E-state index contributed by atoms with van der Waals surface area (Å²) in [4.78, 5) is 12.2. The number of carbonyl (C=O) groups is 1. The molecule has 7 heteroatoms. The normalized spacial score (nSPS) is 31.3. The molecule has 0 aromatic heterocycles. The van der Waals surface area contributed by atoms with Crippen molar-refractivity contribution in [1.82, 2.24) is 4.72 Å². The van der Waals surface area contributed by atoms with Gasteiger partial charge in [-0.05, 0) is 44.7 Å². The van der Waals surface area contributed by atoms with Gasteiger partial charge in [0.15, 0.2) is 0 Å². The second kappa shape index (κ2) is 5.99. The lowest BCUT2D eigenvalue weighted by Gasteiger charge is -2.31. The molecule has 2 saturated heterocycles. The predicted octanol–water partition coefficient (Wildman–Crippen LogP) is 3.15. The first kappa shape index (κ1) is 18.2. The van der Waals surface area contributed by atoms with E-state index in [1.54, 1.807) is 12.1 Å². The van der Waals surface area contributed by atoms with E-state index in [1.807, 2.05) is 18.6 Å². The van der Waals surface area contributed by atoms with Gasteiger partial charge < -0.3 is 9.47 Å². The van der Waals surface area contributed by atoms with Gasteiger partial charge in [0, 0.05) is 6.42 Å². The number of fused-ring (bicyclic) bond motifs is 2. The standard InChI is InChI=1S/C18H25NO5S/c1-12(2)18-10-9-17(4,24-18)15(11-18)23-16(20)19-25(21,22)14-7-5-13(3)6-8-14/h5-8,12,15H,9-11H2,1-4H3,(H,19,20)/t15-,17+,18-/m0/s1. The topological polar surface area (TPSA) is 81.7 Å². The number of nitrogens with one attached hydrogen (secondary N) is 1. The van der Waals surface area contributed by atoms with Gasteiger partial charge in [0.1, 0.15) is 11.7 Å². The van der Waals surface area contributed by atoms with Crippen LogP contribution in [0.4, 0.5) is 4.79 Å². The lowest BCUT2D eigenvalue weighted by Crippen LogP contribution is -2.43. The summed E-state index contributed by atoms with van der Waals surface area (Å²) in [6.45, 7) is 7.97. The monoisotopic (exact) mass is 367 g/mol. The van der Waals surface area contributed by atoms with E-state index < -0.39 is 27.8 Å². The molecule has 0 unspecified atom stereocenters. The molecule has 1 aromatic carbocycles. The van der Waals surface area contributed by atoms with Crippen molar-refractivity contribution < 1.29 is 22.7 Å². The molecule has 6 nitrogen and oxygen atoms in total. The minimum Gasteiger partial charge on any atom is -0.442 e. The molecule has 1 amide bonds. The van der Waals surface area contributed by atoms with Gasteiger partial charge in [-0.1, -0.05) is 31.5 Å². The maximum Gasteiger partial charge on any atom is 0.421 e. The molecule has 1 aromatic rings. The lowest BCUT2D eigenvalue weighted by atomic mass is 9.75. The summed E-state index contributed by atoms with van der Waals surface area (Å²) < 4.78 is 38.2. The van der Waals surface area contributed by atoms with E-state index >= 15 is 0 Å². The molecule has 0 radical (unpaired) electrons. The predicted molar refractivity (Wildman–Crippen MR) is 92.7 cm³/mol. The summed E-state index contributed by atoms with van der Waals surface area (Å²) in [7, 11) is -3.95. The van der Waals surface area contributed by atoms with E-state index in [9.17, 15) is 13.2 Å². The van der Waals surface area contributed by atoms with Gasteiger partial charge in [0.05, 0.1) is 10.5 Å². The van der Waals surface area contributed by atoms with Crippen LogP contribution in [0.25, 0.3) is 0 Å². The van der Waals surface area contributed by atoms with Crippen molar-refractivity contribution in [2.24, 2.45) is 5.92 Å². The molecule has 25 heavy (non-hydrogen) atoms. The minimum absolute atomic E-state index is 0.0316. The highest BCUT2D eigenvalue weighted by Crippen LogP contribution is 2.54. The molecule has 0 spiro atoms. The molecular weight excluding hydrogens is 342 g/mol. The first-order chi connectivity index (χ1) is 11.6. The Morgan fingerprint density at radius 2 is 1.92 bits per heavy atom. The molecule has 138 valence electrons. The summed E-state index contributed by atoms with van der Waals surface area (Å²) >= 11 is 0. The summed E-state index contributed by atoms with van der Waals surface area (Å²) in [6.07, 6.45) is 0.927. The first-order valence-corrected chi connectivity index (χ1v) is 10.0. The molecule has 0 saturated carbocycles. The number of ether oxygens (including phenoxy) is 2. The molecule has 3 rings (SSSR count). The molecule has 2 bridgehead atoms. The van der Waals surface area contributed by atoms with Crippen LogP contribution in [0.2, 0.25) is 0 Å². The Morgan fingerprint density at radius 1 is 1.28 bits per heavy atom. The van der Waals surface area contributed by atoms with Crippen molar-refractivity contribution >= 4 is 16.1 Å². The van der Waals surface area contributed by atoms with Crippen LogP contribution in [-0.2, 0) is 19.5 Å². The largest absolute Gasteiger partial charge is 0.442 e. The zero-order chi connectivity index (χ0) is 18.5. The van der Waals surface area contributed by atoms with Crippen molar-refractivity contribution in [3.8, 4) is 0 Å². The van der Waals surface area contributed by atoms with Gasteiger partial charge in [-0.25, -0.2) is 17.9 Å². The van der Waals surface area contributed by atoms with Crippen molar-refractivity contribution in [2.75, 3.05) is 0 Å². The Kier molecular flexibility index (Phi) is 4.36. The Hall–Kier alpha value is -1.60. The van der Waals surface area contributed by atoms with E-state index in [4.69, 9.17) is 9.47 Å². The molecule has 3 atom stereocenters. The summed E-state index contributed by atoms with van der Waals surface area (Å²) in [6, 6.07) is 6.27. The number of rotatable bonds is 4. The molecule has 2 aliphatic rings. The second-order valence-corrected chi connectivity index (χ2v) is 9.33. The Morgan fingerprint density at radius 3 is 2.48 bits per heavy atom. The van der Waals surface area contributed by atoms with E-state index in [0.717, 1.165) is 18.4 Å². The van der Waals surface area contributed by atoms with Crippen LogP contribution >= 0.6 is 0 Å². The van der Waals surface area contributed by atoms with Crippen molar-refractivity contribution in [2.45, 2.75) is 69.2 Å². The zero-order valence-electron chi connectivity index (χ0n) is 15.0. The Balaban J connectivity index is 1.68. The third-order valence-corrected chi connectivity index (χ3v) is 6.87. The highest BCUT2D eigenvalue weighted by molar-refractivity contribution is 7.90. The number of hydrogen-bond donors (Lipinski definition) is 1. The first-order valence-electron chi connectivity index (χ1n) is 8.57. The van der Waals surface area contributed by atoms with Gasteiger partial charge in [-0.2, -0.15) is 0 Å². The number of carbonyl (C=O) groups excluding carboxylic acids is 1. The number of benzene rings is 1. The van der Waals surface area contributed by atoms with Crippen LogP contribution in [-0.4, -0.2) is 31.8 Å². The molecule has 2 fully saturated rings. The third kappa shape index (κ3) is 3.27. The van der Waals surface area contributed by atoms with Gasteiger partial charge in [-0.15, -0.1) is 0 Å². The Bertz CT molecular complexity index is 773. The zero-order valence-corrected chi connectivity index (χ0v) is 15.9. The van der Waals surface area contributed by atoms with Gasteiger partial charge >= 0.3 is 6.09 Å². The quantitative estimate of drug-likeness (QED) is 0.884. The van der Waals surface area contributed by atoms with Crippen LogP contribution in [0.3, 0.4) is 0 Å². The van der Waals surface area contributed by atoms with E-state index in [0.29, 0.717) is 12.3 Å². The number of sulfonamides is 1. The Labute approximate surface area is 148 Å². The average molecular weight is 367 g/mol. The third-order valence-electron chi connectivity index (χ3n) is 5.54. The van der Waals surface area contributed by atoms with Crippen LogP contribution in [0.5, 0.6) is 0 Å². The molecule has 2 aliphatic heterocycles. The summed E-state index contributed by atoms with van der Waals surface area (Å²) in [5.74, 6) is 0.308. The van der Waals surface area contributed by atoms with E-state index in [1.165, 1.54) is 12.1 Å². The van der Waals surface area contributed by atoms with E-state index in [2.05, 4.69) is 13.8 Å². The van der Waals surface area contributed by atoms with Crippen LogP contribution in [0.1, 0.15) is 45.6 Å². The number of aryl methyl sites for hydroxylation is 1. The fraction of sp³-hybridized carbons (Fsp3) is 0.611. The van der Waals surface area contributed by atoms with E-state index in [-0.39, 0.29) is 10.5 Å². The van der Waals surface area contributed by atoms with Crippen molar-refractivity contribution in [1.29, 1.82) is 0 Å². The maximum absolute atomic E-state index is 12.3. The van der Waals surface area contributed by atoms with Crippen molar-refractivity contribution in [3.63, 3.8) is 0 Å². The van der Waals surface area contributed by atoms with Gasteiger partial charge in [0.2, 0.25) is 0 Å². The highest BCUT2D eigenvalue weighted by atomic mass is 32.2. The van der Waals surface area contributed by atoms with Gasteiger partial charge in [-0.3, -0.25) is 0 Å². The molecule has 2 heterocycles. The smallest absolute Gasteiger partial charge is 0.421 e. The maximum atomic E-state index is 12.3. The number of amides is 1. The van der Waals surface area contributed by atoms with Crippen LogP contribution in [0.15, 0.2) is 29.2 Å². The molecule has 1 N–H and O–H groups in total. The lowest BCUT2D eigenvalue weighted by molar-refractivity contribution is -0.0813. The average Bonchev–Trinajstić information content (AvgIpc) is 2.99. The molecule has 0 aliphatic carbocycles. The number of hydrogen-bond acceptors (Lipinski definition) is 5.